The molecule has 32 heavy (non-hydrogen) atoms. The number of rotatable bonds is 7. The van der Waals surface area contributed by atoms with E-state index in [4.69, 9.17) is 4.99 Å². The Labute approximate surface area is 190 Å². The number of hydrogen-bond acceptors (Lipinski definition) is 4. The number of carbonyl (C=O) groups excluding carboxylic acids is 1. The van der Waals surface area contributed by atoms with Crippen molar-refractivity contribution in [1.82, 2.24) is 14.9 Å². The van der Waals surface area contributed by atoms with Gasteiger partial charge in [-0.3, -0.25) is 19.8 Å². The Balaban J connectivity index is 1.18. The molecule has 1 aliphatic heterocycles. The normalized spacial score (nSPS) is 32.1. The van der Waals surface area contributed by atoms with Crippen molar-refractivity contribution >= 4 is 12.2 Å². The van der Waals surface area contributed by atoms with E-state index in [9.17, 15) is 4.79 Å². The summed E-state index contributed by atoms with van der Waals surface area (Å²) >= 11 is 0. The standard InChI is InChI=1S/C27H32N4O/c32-26-27(16-19-1-6-28-7-2-19,17-20-3-8-29-9-4-20)30-18-31(26)10-5-25-23-12-21-11-22(14-23)15-24(25)13-21/h1-4,6-9,18,21-25H,5,10-17H2. The zero-order chi connectivity index (χ0) is 21.5. The fourth-order valence-electron chi connectivity index (χ4n) is 7.49. The molecule has 0 spiro atoms. The monoisotopic (exact) mass is 428 g/mol. The van der Waals surface area contributed by atoms with Crippen LogP contribution < -0.4 is 0 Å². The lowest BCUT2D eigenvalue weighted by Crippen LogP contribution is -2.48. The molecule has 2 aromatic rings. The van der Waals surface area contributed by atoms with Crippen molar-refractivity contribution in [2.75, 3.05) is 6.54 Å². The van der Waals surface area contributed by atoms with E-state index in [-0.39, 0.29) is 5.91 Å². The van der Waals surface area contributed by atoms with Crippen LogP contribution in [0.5, 0.6) is 0 Å². The van der Waals surface area contributed by atoms with Gasteiger partial charge < -0.3 is 4.90 Å². The lowest BCUT2D eigenvalue weighted by atomic mass is 9.51. The summed E-state index contributed by atoms with van der Waals surface area (Å²) in [5.41, 5.74) is 1.43. The lowest BCUT2D eigenvalue weighted by Gasteiger charge is -2.54. The summed E-state index contributed by atoms with van der Waals surface area (Å²) in [5.74, 6) is 4.75. The maximum absolute atomic E-state index is 13.8. The molecule has 4 bridgehead atoms. The molecule has 5 nitrogen and oxygen atoms in total. The van der Waals surface area contributed by atoms with Gasteiger partial charge in [-0.15, -0.1) is 0 Å². The van der Waals surface area contributed by atoms with E-state index in [0.717, 1.165) is 53.7 Å². The molecule has 4 saturated carbocycles. The Hall–Kier alpha value is -2.56. The smallest absolute Gasteiger partial charge is 0.256 e. The lowest BCUT2D eigenvalue weighted by molar-refractivity contribution is -0.131. The van der Waals surface area contributed by atoms with Gasteiger partial charge in [-0.2, -0.15) is 0 Å². The van der Waals surface area contributed by atoms with Crippen molar-refractivity contribution in [3.8, 4) is 0 Å². The quantitative estimate of drug-likeness (QED) is 0.659. The minimum absolute atomic E-state index is 0.148. The van der Waals surface area contributed by atoms with Crippen molar-refractivity contribution in [3.05, 3.63) is 60.2 Å². The molecule has 0 unspecified atom stereocenters. The van der Waals surface area contributed by atoms with Gasteiger partial charge in [0.05, 0.1) is 6.34 Å². The van der Waals surface area contributed by atoms with Gasteiger partial charge in [-0.05, 0) is 104 Å². The molecule has 7 rings (SSSR count). The van der Waals surface area contributed by atoms with Crippen molar-refractivity contribution < 1.29 is 4.79 Å². The van der Waals surface area contributed by atoms with Gasteiger partial charge in [-0.25, -0.2) is 0 Å². The first-order chi connectivity index (χ1) is 15.7. The van der Waals surface area contributed by atoms with Gasteiger partial charge >= 0.3 is 0 Å². The molecule has 1 amide bonds. The average molecular weight is 429 g/mol. The van der Waals surface area contributed by atoms with Crippen molar-refractivity contribution in [3.63, 3.8) is 0 Å². The highest BCUT2D eigenvalue weighted by Gasteiger charge is 2.49. The molecule has 0 N–H and O–H groups in total. The molecule has 4 aliphatic carbocycles. The van der Waals surface area contributed by atoms with Gasteiger partial charge in [0.1, 0.15) is 5.54 Å². The van der Waals surface area contributed by atoms with E-state index >= 15 is 0 Å². The topological polar surface area (TPSA) is 58.5 Å². The van der Waals surface area contributed by atoms with E-state index in [2.05, 4.69) is 9.97 Å². The van der Waals surface area contributed by atoms with E-state index in [0.29, 0.717) is 12.8 Å². The Morgan fingerprint density at radius 1 is 0.812 bits per heavy atom. The van der Waals surface area contributed by atoms with Crippen LogP contribution in [0.1, 0.15) is 49.7 Å². The van der Waals surface area contributed by atoms with Crippen LogP contribution in [0.25, 0.3) is 0 Å². The third-order valence-corrected chi connectivity index (χ3v) is 8.72. The zero-order valence-corrected chi connectivity index (χ0v) is 18.6. The minimum atomic E-state index is -0.771. The molecule has 4 fully saturated rings. The van der Waals surface area contributed by atoms with Crippen LogP contribution in [-0.2, 0) is 17.6 Å². The molecule has 166 valence electrons. The molecule has 5 heteroatoms. The first-order valence-corrected chi connectivity index (χ1v) is 12.3. The maximum atomic E-state index is 13.8. The number of amides is 1. The van der Waals surface area contributed by atoms with E-state index in [1.165, 1.54) is 32.1 Å². The molecular formula is C27H32N4O. The second-order valence-electron chi connectivity index (χ2n) is 10.7. The molecule has 0 radical (unpaired) electrons. The average Bonchev–Trinajstić information content (AvgIpc) is 3.09. The predicted molar refractivity (Wildman–Crippen MR) is 124 cm³/mol. The first-order valence-electron chi connectivity index (χ1n) is 12.3. The number of nitrogens with zero attached hydrogens (tertiary/aromatic N) is 4. The molecule has 0 saturated heterocycles. The summed E-state index contributed by atoms with van der Waals surface area (Å²) in [7, 11) is 0. The van der Waals surface area contributed by atoms with Gasteiger partial charge in [0.15, 0.2) is 0 Å². The predicted octanol–water partition coefficient (Wildman–Crippen LogP) is 4.33. The SMILES string of the molecule is O=C1N(CCC2C3CC4CC(C3)CC2C4)C=NC1(Cc1ccncc1)Cc1ccncc1. The van der Waals surface area contributed by atoms with Gasteiger partial charge in [0.25, 0.3) is 5.91 Å². The zero-order valence-electron chi connectivity index (χ0n) is 18.6. The van der Waals surface area contributed by atoms with Crippen LogP contribution in [0.3, 0.4) is 0 Å². The molecule has 5 aliphatic rings. The van der Waals surface area contributed by atoms with Crippen LogP contribution in [0.15, 0.2) is 54.0 Å². The number of carbonyl (C=O) groups is 1. The minimum Gasteiger partial charge on any atom is -0.301 e. The highest BCUT2D eigenvalue weighted by Crippen LogP contribution is 2.57. The summed E-state index contributed by atoms with van der Waals surface area (Å²) in [6, 6.07) is 7.98. The molecular weight excluding hydrogens is 396 g/mol. The van der Waals surface area contributed by atoms with Crippen molar-refractivity contribution in [2.45, 2.75) is 56.9 Å². The largest absolute Gasteiger partial charge is 0.301 e. The van der Waals surface area contributed by atoms with E-state index in [1.807, 2.05) is 35.5 Å². The van der Waals surface area contributed by atoms with Crippen molar-refractivity contribution in [1.29, 1.82) is 0 Å². The summed E-state index contributed by atoms with van der Waals surface area (Å²) < 4.78 is 0. The first kappa shape index (κ1) is 20.1. The Morgan fingerprint density at radius 2 is 1.34 bits per heavy atom. The number of aromatic nitrogens is 2. The highest BCUT2D eigenvalue weighted by atomic mass is 16.2. The van der Waals surface area contributed by atoms with Crippen LogP contribution in [0.2, 0.25) is 0 Å². The summed E-state index contributed by atoms with van der Waals surface area (Å²) in [5, 5.41) is 0. The molecule has 0 atom stereocenters. The van der Waals surface area contributed by atoms with Crippen LogP contribution in [0, 0.1) is 29.6 Å². The number of pyridine rings is 2. The maximum Gasteiger partial charge on any atom is 0.256 e. The van der Waals surface area contributed by atoms with Crippen LogP contribution in [-0.4, -0.2) is 39.2 Å². The van der Waals surface area contributed by atoms with Crippen LogP contribution in [0.4, 0.5) is 0 Å². The third kappa shape index (κ3) is 3.66. The Morgan fingerprint density at radius 3 is 1.88 bits per heavy atom. The van der Waals surface area contributed by atoms with E-state index < -0.39 is 5.54 Å². The van der Waals surface area contributed by atoms with E-state index in [1.54, 1.807) is 24.8 Å². The molecule has 3 heterocycles. The highest BCUT2D eigenvalue weighted by molar-refractivity contribution is 6.00. The van der Waals surface area contributed by atoms with Gasteiger partial charge in [-0.1, -0.05) is 0 Å². The second kappa shape index (κ2) is 8.09. The molecule has 0 aromatic carbocycles. The fraction of sp³-hybridized carbons (Fsp3) is 0.556. The fourth-order valence-corrected chi connectivity index (χ4v) is 7.49. The van der Waals surface area contributed by atoms with Crippen molar-refractivity contribution in [2.24, 2.45) is 34.6 Å². The number of aliphatic imine (C=N–C) groups is 1. The Kier molecular flexibility index (Phi) is 5.08. The number of hydrogen-bond donors (Lipinski definition) is 0. The third-order valence-electron chi connectivity index (χ3n) is 8.72. The van der Waals surface area contributed by atoms with Gasteiger partial charge in [0, 0.05) is 44.2 Å². The summed E-state index contributed by atoms with van der Waals surface area (Å²) in [6.45, 7) is 0.809. The molecule has 2 aromatic heterocycles. The van der Waals surface area contributed by atoms with Crippen LogP contribution >= 0.6 is 0 Å². The Bertz CT molecular complexity index is 920. The summed E-state index contributed by atoms with van der Waals surface area (Å²) in [6.07, 6.45) is 18.6. The van der Waals surface area contributed by atoms with Gasteiger partial charge in [0.2, 0.25) is 0 Å². The second-order valence-corrected chi connectivity index (χ2v) is 10.7. The summed E-state index contributed by atoms with van der Waals surface area (Å²) in [4.78, 5) is 28.9.